The molecule has 5 heterocycles. The van der Waals surface area contributed by atoms with Crippen molar-refractivity contribution >= 4 is 46.4 Å². The van der Waals surface area contributed by atoms with Gasteiger partial charge in [0.15, 0.2) is 0 Å². The molecular formula is C30H34N4. The van der Waals surface area contributed by atoms with Gasteiger partial charge < -0.3 is 9.97 Å². The van der Waals surface area contributed by atoms with Crippen molar-refractivity contribution in [3.05, 3.63) is 70.8 Å². The monoisotopic (exact) mass is 450 g/mol. The summed E-state index contributed by atoms with van der Waals surface area (Å²) in [6.45, 7) is 2.28. The first-order valence-electron chi connectivity index (χ1n) is 12.8. The van der Waals surface area contributed by atoms with E-state index < -0.39 is 0 Å². The first kappa shape index (κ1) is 22.4. The number of aryl methyl sites for hydroxylation is 1. The molecule has 2 aliphatic rings. The van der Waals surface area contributed by atoms with Gasteiger partial charge in [-0.3, -0.25) is 0 Å². The summed E-state index contributed by atoms with van der Waals surface area (Å²) in [6.07, 6.45) is 20.0. The number of nitrogens with zero attached hydrogens (tertiary/aromatic N) is 2. The van der Waals surface area contributed by atoms with E-state index in [0.29, 0.717) is 0 Å². The van der Waals surface area contributed by atoms with Crippen LogP contribution in [-0.4, -0.2) is 19.9 Å². The summed E-state index contributed by atoms with van der Waals surface area (Å²) in [5, 5.41) is 0. The summed E-state index contributed by atoms with van der Waals surface area (Å²) >= 11 is 0. The van der Waals surface area contributed by atoms with Crippen LogP contribution in [0.15, 0.2) is 42.5 Å². The number of unbranched alkanes of at least 4 members (excludes halogenated alkanes) is 7. The van der Waals surface area contributed by atoms with E-state index in [1.165, 1.54) is 56.9 Å². The summed E-state index contributed by atoms with van der Waals surface area (Å²) in [6, 6.07) is 15.0. The molecule has 0 spiro atoms. The van der Waals surface area contributed by atoms with Crippen LogP contribution in [0.4, 0.5) is 0 Å². The Bertz CT molecular complexity index is 1350. The summed E-state index contributed by atoms with van der Waals surface area (Å²) < 4.78 is 0. The normalized spacial score (nSPS) is 12.5. The first-order chi connectivity index (χ1) is 16.7. The Hall–Kier alpha value is -3.40. The van der Waals surface area contributed by atoms with E-state index in [1.54, 1.807) is 0 Å². The summed E-state index contributed by atoms with van der Waals surface area (Å²) in [4.78, 5) is 16.6. The number of aromatic amines is 2. The van der Waals surface area contributed by atoms with Crippen molar-refractivity contribution in [3.63, 3.8) is 0 Å². The first-order valence-corrected chi connectivity index (χ1v) is 12.8. The molecule has 0 atom stereocenters. The molecule has 3 aromatic heterocycles. The average molecular weight is 451 g/mol. The van der Waals surface area contributed by atoms with Gasteiger partial charge in [-0.15, -0.1) is 0 Å². The molecule has 174 valence electrons. The van der Waals surface area contributed by atoms with Crippen LogP contribution in [0.2, 0.25) is 0 Å². The average Bonchev–Trinajstić information content (AvgIpc) is 3.61. The van der Waals surface area contributed by atoms with E-state index in [1.807, 2.05) is 18.2 Å². The predicted molar refractivity (Wildman–Crippen MR) is 145 cm³/mol. The van der Waals surface area contributed by atoms with Crippen LogP contribution in [0.5, 0.6) is 0 Å². The largest absolute Gasteiger partial charge is 0.355 e. The number of H-pyrrole nitrogens is 2. The maximum Gasteiger partial charge on any atom is 0.0659 e. The minimum Gasteiger partial charge on any atom is -0.355 e. The van der Waals surface area contributed by atoms with Gasteiger partial charge in [-0.2, -0.15) is 0 Å². The van der Waals surface area contributed by atoms with E-state index in [0.717, 1.165) is 51.3 Å². The summed E-state index contributed by atoms with van der Waals surface area (Å²) in [7, 11) is 0. The molecule has 0 aliphatic carbocycles. The fourth-order valence-corrected chi connectivity index (χ4v) is 4.73. The van der Waals surface area contributed by atoms with Crippen molar-refractivity contribution < 1.29 is 0 Å². The van der Waals surface area contributed by atoms with Gasteiger partial charge in [0.05, 0.1) is 22.8 Å². The smallest absolute Gasteiger partial charge is 0.0659 e. The minimum atomic E-state index is 0.930. The van der Waals surface area contributed by atoms with Crippen molar-refractivity contribution in [3.8, 4) is 0 Å². The molecule has 3 aromatic rings. The molecule has 2 aliphatic heterocycles. The molecule has 0 radical (unpaired) electrons. The number of fused-ring (bicyclic) bond motifs is 8. The van der Waals surface area contributed by atoms with E-state index in [4.69, 9.17) is 9.97 Å². The molecular weight excluding hydrogens is 416 g/mol. The SMILES string of the molecule is CCCCCCCCCCc1cc2cc3ccc(cc4nc(cc5nc(cc1[nH]2)C=C5)C=C4)[nH]3. The number of rotatable bonds is 9. The molecule has 4 nitrogen and oxygen atoms in total. The third kappa shape index (κ3) is 5.74. The van der Waals surface area contributed by atoms with Crippen LogP contribution >= 0.6 is 0 Å². The molecule has 0 fully saturated rings. The lowest BCUT2D eigenvalue weighted by Crippen LogP contribution is -1.86. The van der Waals surface area contributed by atoms with Gasteiger partial charge in [0.1, 0.15) is 0 Å². The molecule has 2 N–H and O–H groups in total. The second kappa shape index (κ2) is 10.7. The molecule has 4 heteroatoms. The Kier molecular flexibility index (Phi) is 7.04. The van der Waals surface area contributed by atoms with Crippen LogP contribution in [0.25, 0.3) is 46.4 Å². The Balaban J connectivity index is 1.45. The third-order valence-corrected chi connectivity index (χ3v) is 6.55. The second-order valence-electron chi connectivity index (χ2n) is 9.42. The lowest BCUT2D eigenvalue weighted by atomic mass is 10.0. The molecule has 0 unspecified atom stereocenters. The van der Waals surface area contributed by atoms with Crippen LogP contribution in [0, 0.1) is 0 Å². The Morgan fingerprint density at radius 3 is 1.85 bits per heavy atom. The number of hydrogen-bond donors (Lipinski definition) is 2. The van der Waals surface area contributed by atoms with E-state index in [9.17, 15) is 0 Å². The minimum absolute atomic E-state index is 0.930. The lowest BCUT2D eigenvalue weighted by Gasteiger charge is -2.01. The Morgan fingerprint density at radius 1 is 0.559 bits per heavy atom. The maximum absolute atomic E-state index is 4.81. The zero-order valence-corrected chi connectivity index (χ0v) is 20.1. The molecule has 34 heavy (non-hydrogen) atoms. The van der Waals surface area contributed by atoms with Gasteiger partial charge in [-0.25, -0.2) is 9.97 Å². The van der Waals surface area contributed by atoms with Crippen molar-refractivity contribution in [1.82, 2.24) is 19.9 Å². The van der Waals surface area contributed by atoms with Crippen LogP contribution in [0.3, 0.4) is 0 Å². The Morgan fingerprint density at radius 2 is 1.15 bits per heavy atom. The molecule has 8 bridgehead atoms. The van der Waals surface area contributed by atoms with Crippen molar-refractivity contribution in [2.45, 2.75) is 64.7 Å². The summed E-state index contributed by atoms with van der Waals surface area (Å²) in [5.74, 6) is 0. The van der Waals surface area contributed by atoms with Crippen LogP contribution in [0.1, 0.15) is 86.6 Å². The third-order valence-electron chi connectivity index (χ3n) is 6.55. The van der Waals surface area contributed by atoms with Gasteiger partial charge >= 0.3 is 0 Å². The van der Waals surface area contributed by atoms with Crippen LogP contribution < -0.4 is 0 Å². The van der Waals surface area contributed by atoms with Gasteiger partial charge in [0, 0.05) is 22.1 Å². The highest BCUT2D eigenvalue weighted by Crippen LogP contribution is 2.21. The maximum atomic E-state index is 4.81. The van der Waals surface area contributed by atoms with Gasteiger partial charge in [-0.05, 0) is 85.2 Å². The van der Waals surface area contributed by atoms with Crippen molar-refractivity contribution in [2.75, 3.05) is 0 Å². The zero-order valence-electron chi connectivity index (χ0n) is 20.1. The number of nitrogens with one attached hydrogen (secondary N) is 2. The van der Waals surface area contributed by atoms with Gasteiger partial charge in [0.2, 0.25) is 0 Å². The molecule has 0 saturated heterocycles. The number of hydrogen-bond acceptors (Lipinski definition) is 2. The van der Waals surface area contributed by atoms with Crippen LogP contribution in [-0.2, 0) is 6.42 Å². The highest BCUT2D eigenvalue weighted by Gasteiger charge is 2.05. The highest BCUT2D eigenvalue weighted by atomic mass is 14.8. The number of aromatic nitrogens is 4. The highest BCUT2D eigenvalue weighted by molar-refractivity contribution is 5.78. The fourth-order valence-electron chi connectivity index (χ4n) is 4.73. The molecule has 0 aromatic carbocycles. The topological polar surface area (TPSA) is 57.4 Å². The predicted octanol–water partition coefficient (Wildman–Crippen LogP) is 8.34. The van der Waals surface area contributed by atoms with E-state index in [2.05, 4.69) is 65.4 Å². The molecule has 0 amide bonds. The molecule has 0 saturated carbocycles. The quantitative estimate of drug-likeness (QED) is 0.222. The van der Waals surface area contributed by atoms with E-state index in [-0.39, 0.29) is 0 Å². The summed E-state index contributed by atoms with van der Waals surface area (Å²) in [5.41, 5.74) is 9.57. The van der Waals surface area contributed by atoms with Gasteiger partial charge in [0.25, 0.3) is 0 Å². The van der Waals surface area contributed by atoms with Crippen molar-refractivity contribution in [1.29, 1.82) is 0 Å². The van der Waals surface area contributed by atoms with E-state index >= 15 is 0 Å². The zero-order chi connectivity index (χ0) is 23.2. The Labute approximate surface area is 201 Å². The molecule has 5 rings (SSSR count). The van der Waals surface area contributed by atoms with Crippen molar-refractivity contribution in [2.24, 2.45) is 0 Å². The van der Waals surface area contributed by atoms with Gasteiger partial charge in [-0.1, -0.05) is 51.9 Å². The lowest BCUT2D eigenvalue weighted by molar-refractivity contribution is 0.576. The second-order valence-corrected chi connectivity index (χ2v) is 9.42. The fraction of sp³-hybridized carbons (Fsp3) is 0.333. The standard InChI is InChI=1S/C30H34N4/c1-2-3-4-5-6-7-8-9-10-22-17-29-20-27-14-13-25(32-27)18-23-11-12-24(31-23)19-26-15-16-28(33-26)21-30(22)34-29/h11-21,32,34H,2-10H2,1H3.